The third-order valence-electron chi connectivity index (χ3n) is 3.99. The number of methoxy groups -OCH3 is 1. The number of H-pyrrole nitrogens is 1. The maximum atomic E-state index is 12.6. The van der Waals surface area contributed by atoms with Crippen LogP contribution >= 0.6 is 11.6 Å². The molecule has 0 aliphatic heterocycles. The van der Waals surface area contributed by atoms with E-state index < -0.39 is 0 Å². The van der Waals surface area contributed by atoms with E-state index >= 15 is 0 Å². The number of benzene rings is 2. The standard InChI is InChI=1S/C19H17ClN2O3/c1-22(19(24)15-5-3-4-6-16(15)20)11-13-9-12-10-14(25-2)7-8-17(12)21-18(13)23/h3-10H,11H2,1-2H3,(H,21,23). The summed E-state index contributed by atoms with van der Waals surface area (Å²) in [6.07, 6.45) is 0. The highest BCUT2D eigenvalue weighted by atomic mass is 35.5. The predicted octanol–water partition coefficient (Wildman–Crippen LogP) is 3.46. The number of nitrogens with zero attached hydrogens (tertiary/aromatic N) is 1. The van der Waals surface area contributed by atoms with Crippen molar-refractivity contribution < 1.29 is 9.53 Å². The molecule has 2 aromatic carbocycles. The van der Waals surface area contributed by atoms with Crippen LogP contribution < -0.4 is 10.3 Å². The molecule has 6 heteroatoms. The topological polar surface area (TPSA) is 62.4 Å². The van der Waals surface area contributed by atoms with Crippen LogP contribution in [0.25, 0.3) is 10.9 Å². The normalized spacial score (nSPS) is 10.7. The fourth-order valence-electron chi connectivity index (χ4n) is 2.64. The second-order valence-electron chi connectivity index (χ2n) is 5.72. The molecule has 1 amide bonds. The predicted molar refractivity (Wildman–Crippen MR) is 98.4 cm³/mol. The zero-order valence-electron chi connectivity index (χ0n) is 13.9. The van der Waals surface area contributed by atoms with Gasteiger partial charge in [-0.15, -0.1) is 0 Å². The smallest absolute Gasteiger partial charge is 0.255 e. The van der Waals surface area contributed by atoms with E-state index in [1.54, 1.807) is 56.6 Å². The summed E-state index contributed by atoms with van der Waals surface area (Å²) in [7, 11) is 3.23. The number of aromatic amines is 1. The maximum Gasteiger partial charge on any atom is 0.255 e. The van der Waals surface area contributed by atoms with Crippen LogP contribution in [0.3, 0.4) is 0 Å². The third-order valence-corrected chi connectivity index (χ3v) is 4.32. The molecule has 0 radical (unpaired) electrons. The van der Waals surface area contributed by atoms with Crippen molar-refractivity contribution in [2.45, 2.75) is 6.54 Å². The molecule has 0 aliphatic carbocycles. The van der Waals surface area contributed by atoms with E-state index in [2.05, 4.69) is 4.98 Å². The Morgan fingerprint density at radius 2 is 1.96 bits per heavy atom. The quantitative estimate of drug-likeness (QED) is 0.778. The summed E-state index contributed by atoms with van der Waals surface area (Å²) < 4.78 is 5.21. The highest BCUT2D eigenvalue weighted by Crippen LogP contribution is 2.20. The third kappa shape index (κ3) is 3.51. The first-order valence-corrected chi connectivity index (χ1v) is 8.07. The molecule has 0 saturated carbocycles. The molecular formula is C19H17ClN2O3. The van der Waals surface area contributed by atoms with E-state index in [0.29, 0.717) is 21.9 Å². The molecule has 128 valence electrons. The summed E-state index contributed by atoms with van der Waals surface area (Å²) >= 11 is 6.08. The Hall–Kier alpha value is -2.79. The number of nitrogens with one attached hydrogen (secondary N) is 1. The second kappa shape index (κ2) is 6.99. The van der Waals surface area contributed by atoms with Gasteiger partial charge in [0, 0.05) is 23.5 Å². The lowest BCUT2D eigenvalue weighted by Crippen LogP contribution is -2.29. The van der Waals surface area contributed by atoms with Gasteiger partial charge in [0.15, 0.2) is 0 Å². The van der Waals surface area contributed by atoms with Crippen molar-refractivity contribution in [3.05, 3.63) is 75.0 Å². The van der Waals surface area contributed by atoms with Crippen LogP contribution in [0.2, 0.25) is 5.02 Å². The molecule has 3 rings (SSSR count). The molecule has 0 fully saturated rings. The zero-order chi connectivity index (χ0) is 18.0. The van der Waals surface area contributed by atoms with Crippen LogP contribution in [0.15, 0.2) is 53.3 Å². The van der Waals surface area contributed by atoms with Crippen molar-refractivity contribution in [3.63, 3.8) is 0 Å². The molecule has 0 unspecified atom stereocenters. The number of rotatable bonds is 4. The minimum atomic E-state index is -0.240. The number of carbonyl (C=O) groups excluding carboxylic acids is 1. The van der Waals surface area contributed by atoms with E-state index in [-0.39, 0.29) is 18.0 Å². The van der Waals surface area contributed by atoms with E-state index in [1.807, 2.05) is 6.07 Å². The molecule has 1 N–H and O–H groups in total. The van der Waals surface area contributed by atoms with Crippen LogP contribution in [0.4, 0.5) is 0 Å². The summed E-state index contributed by atoms with van der Waals surface area (Å²) in [5.74, 6) is 0.460. The Morgan fingerprint density at radius 1 is 1.20 bits per heavy atom. The molecule has 1 heterocycles. The Labute approximate surface area is 149 Å². The van der Waals surface area contributed by atoms with Crippen molar-refractivity contribution in [3.8, 4) is 5.75 Å². The van der Waals surface area contributed by atoms with Crippen molar-refractivity contribution in [1.29, 1.82) is 0 Å². The Kier molecular flexibility index (Phi) is 4.76. The lowest BCUT2D eigenvalue weighted by Gasteiger charge is -2.18. The monoisotopic (exact) mass is 356 g/mol. The number of carbonyl (C=O) groups is 1. The molecule has 0 saturated heterocycles. The van der Waals surface area contributed by atoms with Crippen LogP contribution in [0.5, 0.6) is 5.75 Å². The zero-order valence-corrected chi connectivity index (χ0v) is 14.6. The first kappa shape index (κ1) is 17.0. The molecular weight excluding hydrogens is 340 g/mol. The van der Waals surface area contributed by atoms with Crippen LogP contribution in [-0.2, 0) is 6.54 Å². The summed E-state index contributed by atoms with van der Waals surface area (Å²) in [6, 6.07) is 14.0. The van der Waals surface area contributed by atoms with Crippen molar-refractivity contribution >= 4 is 28.4 Å². The molecule has 0 aliphatic rings. The van der Waals surface area contributed by atoms with Crippen molar-refractivity contribution in [1.82, 2.24) is 9.88 Å². The number of pyridine rings is 1. The van der Waals surface area contributed by atoms with E-state index in [4.69, 9.17) is 16.3 Å². The average Bonchev–Trinajstić information content (AvgIpc) is 2.61. The number of hydrogen-bond donors (Lipinski definition) is 1. The largest absolute Gasteiger partial charge is 0.497 e. The summed E-state index contributed by atoms with van der Waals surface area (Å²) in [5, 5.41) is 1.23. The van der Waals surface area contributed by atoms with Crippen LogP contribution in [0, 0.1) is 0 Å². The summed E-state index contributed by atoms with van der Waals surface area (Å²) in [6.45, 7) is 0.173. The Balaban J connectivity index is 1.91. The first-order chi connectivity index (χ1) is 12.0. The molecule has 5 nitrogen and oxygen atoms in total. The molecule has 25 heavy (non-hydrogen) atoms. The first-order valence-electron chi connectivity index (χ1n) is 7.69. The minimum Gasteiger partial charge on any atom is -0.497 e. The Morgan fingerprint density at radius 3 is 2.68 bits per heavy atom. The molecule has 1 aromatic heterocycles. The van der Waals surface area contributed by atoms with Gasteiger partial charge in [0.2, 0.25) is 0 Å². The Bertz CT molecular complexity index is 997. The van der Waals surface area contributed by atoms with Gasteiger partial charge >= 0.3 is 0 Å². The van der Waals surface area contributed by atoms with E-state index in [0.717, 1.165) is 10.9 Å². The van der Waals surface area contributed by atoms with Gasteiger partial charge in [-0.05, 0) is 36.4 Å². The van der Waals surface area contributed by atoms with Gasteiger partial charge < -0.3 is 14.6 Å². The number of amides is 1. The second-order valence-corrected chi connectivity index (χ2v) is 6.13. The van der Waals surface area contributed by atoms with Gasteiger partial charge in [0.1, 0.15) is 5.75 Å². The SMILES string of the molecule is COc1ccc2[nH]c(=O)c(CN(C)C(=O)c3ccccc3Cl)cc2c1. The van der Waals surface area contributed by atoms with Crippen molar-refractivity contribution in [2.75, 3.05) is 14.2 Å². The van der Waals surface area contributed by atoms with Crippen molar-refractivity contribution in [2.24, 2.45) is 0 Å². The fraction of sp³-hybridized carbons (Fsp3) is 0.158. The fourth-order valence-corrected chi connectivity index (χ4v) is 2.86. The number of aromatic nitrogens is 1. The maximum absolute atomic E-state index is 12.6. The summed E-state index contributed by atoms with van der Waals surface area (Å²) in [5.41, 5.74) is 1.39. The number of hydrogen-bond acceptors (Lipinski definition) is 3. The summed E-state index contributed by atoms with van der Waals surface area (Å²) in [4.78, 5) is 29.2. The van der Waals surface area contributed by atoms with Gasteiger partial charge in [-0.2, -0.15) is 0 Å². The van der Waals surface area contributed by atoms with Gasteiger partial charge in [-0.1, -0.05) is 23.7 Å². The van der Waals surface area contributed by atoms with Gasteiger partial charge in [0.05, 0.1) is 24.2 Å². The molecule has 0 spiro atoms. The van der Waals surface area contributed by atoms with Crippen LogP contribution in [0.1, 0.15) is 15.9 Å². The average molecular weight is 357 g/mol. The highest BCUT2D eigenvalue weighted by Gasteiger charge is 2.16. The van der Waals surface area contributed by atoms with Gasteiger partial charge in [-0.3, -0.25) is 9.59 Å². The number of fused-ring (bicyclic) bond motifs is 1. The highest BCUT2D eigenvalue weighted by molar-refractivity contribution is 6.33. The van der Waals surface area contributed by atoms with Gasteiger partial charge in [-0.25, -0.2) is 0 Å². The minimum absolute atomic E-state index is 0.173. The van der Waals surface area contributed by atoms with E-state index in [1.165, 1.54) is 4.90 Å². The number of ether oxygens (including phenoxy) is 1. The lowest BCUT2D eigenvalue weighted by molar-refractivity contribution is 0.0785. The molecule has 0 bridgehead atoms. The molecule has 3 aromatic rings. The van der Waals surface area contributed by atoms with Crippen LogP contribution in [-0.4, -0.2) is 29.9 Å². The van der Waals surface area contributed by atoms with E-state index in [9.17, 15) is 9.59 Å². The lowest BCUT2D eigenvalue weighted by atomic mass is 10.1. The molecule has 0 atom stereocenters. The number of halogens is 1. The van der Waals surface area contributed by atoms with Gasteiger partial charge in [0.25, 0.3) is 11.5 Å².